The quantitative estimate of drug-likeness (QED) is 0.816. The van der Waals surface area contributed by atoms with E-state index in [4.69, 9.17) is 7.85 Å². The molecular weight excluding hydrogens is 344 g/mol. The number of rotatable bonds is 5. The highest BCUT2D eigenvalue weighted by atomic mass is 79.9. The van der Waals surface area contributed by atoms with Gasteiger partial charge in [0.2, 0.25) is 5.91 Å². The largest absolute Gasteiger partial charge is 0.351 e. The van der Waals surface area contributed by atoms with E-state index in [0.29, 0.717) is 17.4 Å². The average molecular weight is 360 g/mol. The van der Waals surface area contributed by atoms with Crippen molar-refractivity contribution in [2.24, 2.45) is 0 Å². The van der Waals surface area contributed by atoms with Crippen LogP contribution in [-0.2, 0) is 11.3 Å². The number of hydrogen-bond acceptors (Lipinski definition) is 1. The molecule has 22 heavy (non-hydrogen) atoms. The summed E-state index contributed by atoms with van der Waals surface area (Å²) >= 11 is 3.38. The van der Waals surface area contributed by atoms with Crippen LogP contribution in [0.2, 0.25) is 0 Å². The van der Waals surface area contributed by atoms with Crippen molar-refractivity contribution >= 4 is 35.1 Å². The van der Waals surface area contributed by atoms with Crippen molar-refractivity contribution in [3.8, 4) is 0 Å². The first-order valence-corrected chi connectivity index (χ1v) is 7.87. The van der Waals surface area contributed by atoms with Crippen molar-refractivity contribution in [1.82, 2.24) is 5.32 Å². The molecular formula is C17H16BBrFNO. The molecule has 2 aromatic carbocycles. The maximum Gasteiger partial charge on any atom is 0.227 e. The van der Waals surface area contributed by atoms with Crippen LogP contribution in [0, 0.1) is 5.82 Å². The van der Waals surface area contributed by atoms with Crippen LogP contribution < -0.4 is 10.8 Å². The number of carbonyl (C=O) groups excluding carboxylic acids is 1. The molecule has 0 saturated carbocycles. The van der Waals surface area contributed by atoms with Crippen molar-refractivity contribution in [3.63, 3.8) is 0 Å². The Kier molecular flexibility index (Phi) is 5.78. The van der Waals surface area contributed by atoms with Gasteiger partial charge in [0.25, 0.3) is 0 Å². The van der Waals surface area contributed by atoms with Crippen LogP contribution in [0.5, 0.6) is 0 Å². The lowest BCUT2D eigenvalue weighted by atomic mass is 9.93. The van der Waals surface area contributed by atoms with Crippen LogP contribution in [0.4, 0.5) is 4.39 Å². The summed E-state index contributed by atoms with van der Waals surface area (Å²) < 4.78 is 14.6. The van der Waals surface area contributed by atoms with Gasteiger partial charge in [0.1, 0.15) is 13.7 Å². The molecule has 1 unspecified atom stereocenters. The zero-order chi connectivity index (χ0) is 16.1. The number of amides is 1. The SMILES string of the molecule is [B]c1ccc(F)c(CNC(=O)C(CC)c2ccc(Br)cc2)c1. The van der Waals surface area contributed by atoms with Gasteiger partial charge in [-0.25, -0.2) is 4.39 Å². The fourth-order valence-electron chi connectivity index (χ4n) is 2.30. The molecule has 0 aliphatic rings. The Hall–Kier alpha value is -1.62. The van der Waals surface area contributed by atoms with Gasteiger partial charge in [-0.05, 0) is 30.2 Å². The van der Waals surface area contributed by atoms with Crippen molar-refractivity contribution < 1.29 is 9.18 Å². The summed E-state index contributed by atoms with van der Waals surface area (Å²) in [4.78, 5) is 12.4. The van der Waals surface area contributed by atoms with Crippen LogP contribution >= 0.6 is 15.9 Å². The summed E-state index contributed by atoms with van der Waals surface area (Å²) in [6.45, 7) is 2.08. The molecule has 0 aliphatic heterocycles. The molecule has 0 spiro atoms. The molecule has 1 atom stereocenters. The van der Waals surface area contributed by atoms with E-state index in [1.807, 2.05) is 31.2 Å². The Morgan fingerprint density at radius 2 is 1.95 bits per heavy atom. The zero-order valence-electron chi connectivity index (χ0n) is 12.3. The van der Waals surface area contributed by atoms with Gasteiger partial charge in [-0.1, -0.05) is 52.6 Å². The van der Waals surface area contributed by atoms with Crippen molar-refractivity contribution in [3.05, 3.63) is 63.9 Å². The minimum atomic E-state index is -0.369. The second-order valence-corrected chi connectivity index (χ2v) is 6.00. The molecule has 0 aliphatic carbocycles. The maximum absolute atomic E-state index is 13.7. The fraction of sp³-hybridized carbons (Fsp3) is 0.235. The van der Waals surface area contributed by atoms with Gasteiger partial charge in [-0.15, -0.1) is 0 Å². The highest BCUT2D eigenvalue weighted by Gasteiger charge is 2.18. The lowest BCUT2D eigenvalue weighted by Gasteiger charge is -2.16. The molecule has 0 saturated heterocycles. The number of halogens is 2. The van der Waals surface area contributed by atoms with E-state index >= 15 is 0 Å². The molecule has 0 fully saturated rings. The smallest absolute Gasteiger partial charge is 0.227 e. The molecule has 2 radical (unpaired) electrons. The molecule has 0 aromatic heterocycles. The first-order valence-electron chi connectivity index (χ1n) is 7.08. The Morgan fingerprint density at radius 3 is 2.59 bits per heavy atom. The summed E-state index contributed by atoms with van der Waals surface area (Å²) in [5, 5.41) is 2.78. The Balaban J connectivity index is 2.06. The minimum Gasteiger partial charge on any atom is -0.351 e. The predicted molar refractivity (Wildman–Crippen MR) is 90.8 cm³/mol. The highest BCUT2D eigenvalue weighted by molar-refractivity contribution is 9.10. The van der Waals surface area contributed by atoms with E-state index < -0.39 is 0 Å². The van der Waals surface area contributed by atoms with E-state index in [1.54, 1.807) is 0 Å². The lowest BCUT2D eigenvalue weighted by Crippen LogP contribution is -2.29. The summed E-state index contributed by atoms with van der Waals surface area (Å²) in [5.74, 6) is -0.741. The Morgan fingerprint density at radius 1 is 1.27 bits per heavy atom. The van der Waals surface area contributed by atoms with E-state index in [0.717, 1.165) is 10.0 Å². The van der Waals surface area contributed by atoms with Gasteiger partial charge in [0.05, 0.1) is 5.92 Å². The normalized spacial score (nSPS) is 12.0. The van der Waals surface area contributed by atoms with Crippen LogP contribution in [-0.4, -0.2) is 13.8 Å². The molecule has 1 N–H and O–H groups in total. The van der Waals surface area contributed by atoms with Crippen LogP contribution in [0.3, 0.4) is 0 Å². The van der Waals surface area contributed by atoms with Crippen molar-refractivity contribution in [2.45, 2.75) is 25.8 Å². The summed E-state index contributed by atoms with van der Waals surface area (Å²) in [6.07, 6.45) is 0.673. The van der Waals surface area contributed by atoms with Gasteiger partial charge in [-0.3, -0.25) is 4.79 Å². The van der Waals surface area contributed by atoms with E-state index in [-0.39, 0.29) is 24.2 Å². The first kappa shape index (κ1) is 16.8. The lowest BCUT2D eigenvalue weighted by molar-refractivity contribution is -0.122. The summed E-state index contributed by atoms with van der Waals surface area (Å²) in [7, 11) is 5.64. The van der Waals surface area contributed by atoms with Gasteiger partial charge in [-0.2, -0.15) is 0 Å². The van der Waals surface area contributed by atoms with Crippen molar-refractivity contribution in [2.75, 3.05) is 0 Å². The van der Waals surface area contributed by atoms with Gasteiger partial charge >= 0.3 is 0 Å². The van der Waals surface area contributed by atoms with Crippen LogP contribution in [0.25, 0.3) is 0 Å². The molecule has 2 aromatic rings. The molecule has 0 bridgehead atoms. The number of benzene rings is 2. The number of hydrogen-bond donors (Lipinski definition) is 1. The fourth-order valence-corrected chi connectivity index (χ4v) is 2.57. The molecule has 1 amide bonds. The van der Waals surface area contributed by atoms with Crippen LogP contribution in [0.1, 0.15) is 30.4 Å². The zero-order valence-corrected chi connectivity index (χ0v) is 13.9. The molecule has 112 valence electrons. The van der Waals surface area contributed by atoms with Gasteiger partial charge < -0.3 is 5.32 Å². The number of nitrogens with one attached hydrogen (secondary N) is 1. The van der Waals surface area contributed by atoms with Crippen LogP contribution in [0.15, 0.2) is 46.9 Å². The van der Waals surface area contributed by atoms with E-state index in [2.05, 4.69) is 21.2 Å². The van der Waals surface area contributed by atoms with Gasteiger partial charge in [0.15, 0.2) is 0 Å². The second kappa shape index (κ2) is 7.59. The average Bonchev–Trinajstić information content (AvgIpc) is 2.51. The second-order valence-electron chi connectivity index (χ2n) is 5.08. The summed E-state index contributed by atoms with van der Waals surface area (Å²) in [6, 6.07) is 12.0. The third kappa shape index (κ3) is 4.20. The Labute approximate surface area is 139 Å². The predicted octanol–water partition coefficient (Wildman–Crippen LogP) is 3.19. The summed E-state index contributed by atoms with van der Waals surface area (Å²) in [5.41, 5.74) is 1.81. The highest BCUT2D eigenvalue weighted by Crippen LogP contribution is 2.22. The third-order valence-corrected chi connectivity index (χ3v) is 4.05. The monoisotopic (exact) mass is 359 g/mol. The Bertz CT molecular complexity index is 660. The van der Waals surface area contributed by atoms with E-state index in [9.17, 15) is 9.18 Å². The minimum absolute atomic E-state index is 0.119. The first-order chi connectivity index (χ1) is 10.5. The number of carbonyl (C=O) groups is 1. The molecule has 5 heteroatoms. The molecule has 2 nitrogen and oxygen atoms in total. The topological polar surface area (TPSA) is 29.1 Å². The van der Waals surface area contributed by atoms with Crippen molar-refractivity contribution in [1.29, 1.82) is 0 Å². The standard InChI is InChI=1S/C17H16BBrFNO/c1-2-15(11-3-6-14(19)7-4-11)17(22)21-10-12-9-13(18)5-8-16(12)20/h3-9,15H,2,10H2,1H3,(H,21,22). The maximum atomic E-state index is 13.7. The third-order valence-electron chi connectivity index (χ3n) is 3.52. The molecule has 0 heterocycles. The van der Waals surface area contributed by atoms with Gasteiger partial charge in [0, 0.05) is 16.6 Å². The molecule has 2 rings (SSSR count). The van der Waals surface area contributed by atoms with E-state index in [1.165, 1.54) is 18.2 Å².